The summed E-state index contributed by atoms with van der Waals surface area (Å²) in [4.78, 5) is 19.4. The minimum Gasteiger partial charge on any atom is -0.303 e. The van der Waals surface area contributed by atoms with Crippen molar-refractivity contribution in [3.8, 4) is 0 Å². The molecule has 4 heteroatoms. The third kappa shape index (κ3) is 8.63. The van der Waals surface area contributed by atoms with E-state index in [0.717, 1.165) is 6.29 Å². The maximum atomic E-state index is 9.76. The van der Waals surface area contributed by atoms with Crippen LogP contribution >= 0.6 is 11.6 Å². The molecule has 2 nitrogen and oxygen atoms in total. The third-order valence-electron chi connectivity index (χ3n) is 0.708. The monoisotopic (exact) mass is 157 g/mol. The Balaban J connectivity index is 0. The van der Waals surface area contributed by atoms with Crippen molar-refractivity contribution in [3.05, 3.63) is 0 Å². The van der Waals surface area contributed by atoms with Crippen molar-refractivity contribution in [1.82, 2.24) is 0 Å². The second-order valence-electron chi connectivity index (χ2n) is 1.40. The molecule has 0 aliphatic carbocycles. The molecule has 0 amide bonds. The molecule has 0 fully saturated rings. The molecular weight excluding hydrogens is 150 g/mol. The van der Waals surface area contributed by atoms with Crippen LogP contribution in [0.3, 0.4) is 0 Å². The molecule has 0 spiro atoms. The van der Waals surface area contributed by atoms with Gasteiger partial charge in [-0.15, -0.1) is 11.6 Å². The first kappa shape index (κ1) is 12.3. The van der Waals surface area contributed by atoms with E-state index < -0.39 is 5.38 Å². The SMILES string of the molecule is O=CCCC(Cl)C=O.[Na]. The van der Waals surface area contributed by atoms with Gasteiger partial charge in [0.2, 0.25) is 0 Å². The molecule has 0 saturated heterocycles. The first-order chi connectivity index (χ1) is 3.81. The summed E-state index contributed by atoms with van der Waals surface area (Å²) in [7, 11) is 0. The molecule has 0 bridgehead atoms. The van der Waals surface area contributed by atoms with E-state index in [1.807, 2.05) is 0 Å². The molecular formula is C5H7ClNaO2. The van der Waals surface area contributed by atoms with Crippen LogP contribution in [0.25, 0.3) is 0 Å². The van der Waals surface area contributed by atoms with Crippen molar-refractivity contribution in [2.45, 2.75) is 18.2 Å². The topological polar surface area (TPSA) is 34.1 Å². The van der Waals surface area contributed by atoms with E-state index in [-0.39, 0.29) is 29.6 Å². The Kier molecular flexibility index (Phi) is 11.8. The van der Waals surface area contributed by atoms with Crippen LogP contribution in [0.4, 0.5) is 0 Å². The Hall–Kier alpha value is 0.630. The van der Waals surface area contributed by atoms with Gasteiger partial charge in [0, 0.05) is 36.0 Å². The van der Waals surface area contributed by atoms with Gasteiger partial charge in [-0.25, -0.2) is 0 Å². The van der Waals surface area contributed by atoms with Gasteiger partial charge in [0.1, 0.15) is 12.6 Å². The summed E-state index contributed by atoms with van der Waals surface area (Å²) in [6, 6.07) is 0. The van der Waals surface area contributed by atoms with Crippen molar-refractivity contribution >= 4 is 53.7 Å². The Labute approximate surface area is 81.2 Å². The Morgan fingerprint density at radius 1 is 1.44 bits per heavy atom. The summed E-state index contributed by atoms with van der Waals surface area (Å²) < 4.78 is 0. The van der Waals surface area contributed by atoms with Crippen LogP contribution < -0.4 is 0 Å². The predicted octanol–water partition coefficient (Wildman–Crippen LogP) is 0.391. The molecule has 1 atom stereocenters. The summed E-state index contributed by atoms with van der Waals surface area (Å²) in [5, 5.41) is -0.486. The summed E-state index contributed by atoms with van der Waals surface area (Å²) in [5.74, 6) is 0. The third-order valence-corrected chi connectivity index (χ3v) is 1.03. The van der Waals surface area contributed by atoms with Gasteiger partial charge in [0.15, 0.2) is 0 Å². The summed E-state index contributed by atoms with van der Waals surface area (Å²) >= 11 is 5.32. The van der Waals surface area contributed by atoms with Gasteiger partial charge in [0.05, 0.1) is 5.38 Å². The number of hydrogen-bond acceptors (Lipinski definition) is 2. The van der Waals surface area contributed by atoms with Gasteiger partial charge in [-0.3, -0.25) is 0 Å². The van der Waals surface area contributed by atoms with Crippen LogP contribution in [0.2, 0.25) is 0 Å². The molecule has 0 heterocycles. The predicted molar refractivity (Wildman–Crippen MR) is 36.8 cm³/mol. The normalized spacial score (nSPS) is 11.2. The summed E-state index contributed by atoms with van der Waals surface area (Å²) in [6.07, 6.45) is 2.20. The molecule has 47 valence electrons. The van der Waals surface area contributed by atoms with Gasteiger partial charge < -0.3 is 9.59 Å². The summed E-state index contributed by atoms with van der Waals surface area (Å²) in [6.45, 7) is 0. The minimum absolute atomic E-state index is 0. The first-order valence-corrected chi connectivity index (χ1v) is 2.78. The molecule has 0 N–H and O–H groups in total. The van der Waals surface area contributed by atoms with Gasteiger partial charge in [0.25, 0.3) is 0 Å². The molecule has 1 radical (unpaired) electrons. The van der Waals surface area contributed by atoms with Crippen LogP contribution in [0.15, 0.2) is 0 Å². The largest absolute Gasteiger partial charge is 0.303 e. The molecule has 0 aliphatic rings. The fourth-order valence-corrected chi connectivity index (χ4v) is 0.421. The van der Waals surface area contributed by atoms with E-state index >= 15 is 0 Å². The van der Waals surface area contributed by atoms with Gasteiger partial charge >= 0.3 is 0 Å². The Morgan fingerprint density at radius 3 is 2.33 bits per heavy atom. The fraction of sp³-hybridized carbons (Fsp3) is 0.600. The summed E-state index contributed by atoms with van der Waals surface area (Å²) in [5.41, 5.74) is 0. The smallest absolute Gasteiger partial charge is 0.137 e. The maximum absolute atomic E-state index is 9.76. The molecule has 1 unspecified atom stereocenters. The quantitative estimate of drug-likeness (QED) is 0.336. The molecule has 0 aromatic heterocycles. The molecule has 0 aromatic carbocycles. The van der Waals surface area contributed by atoms with Crippen molar-refractivity contribution < 1.29 is 9.59 Å². The zero-order valence-electron chi connectivity index (χ0n) is 5.34. The fourth-order valence-electron chi connectivity index (χ4n) is 0.295. The van der Waals surface area contributed by atoms with Crippen LogP contribution in [0, 0.1) is 0 Å². The second kappa shape index (κ2) is 8.63. The van der Waals surface area contributed by atoms with Gasteiger partial charge in [-0.2, -0.15) is 0 Å². The molecule has 9 heavy (non-hydrogen) atoms. The van der Waals surface area contributed by atoms with Gasteiger partial charge in [-0.05, 0) is 6.42 Å². The average molecular weight is 158 g/mol. The second-order valence-corrected chi connectivity index (χ2v) is 1.96. The van der Waals surface area contributed by atoms with E-state index in [0.29, 0.717) is 19.1 Å². The van der Waals surface area contributed by atoms with E-state index in [2.05, 4.69) is 0 Å². The van der Waals surface area contributed by atoms with Crippen molar-refractivity contribution in [2.75, 3.05) is 0 Å². The van der Waals surface area contributed by atoms with Crippen molar-refractivity contribution in [1.29, 1.82) is 0 Å². The van der Waals surface area contributed by atoms with Gasteiger partial charge in [-0.1, -0.05) is 0 Å². The zero-order valence-corrected chi connectivity index (χ0v) is 8.10. The van der Waals surface area contributed by atoms with Crippen LogP contribution in [0.1, 0.15) is 12.8 Å². The van der Waals surface area contributed by atoms with Crippen LogP contribution in [0.5, 0.6) is 0 Å². The van der Waals surface area contributed by atoms with E-state index in [9.17, 15) is 9.59 Å². The molecule has 0 aromatic rings. The van der Waals surface area contributed by atoms with Crippen molar-refractivity contribution in [2.24, 2.45) is 0 Å². The zero-order chi connectivity index (χ0) is 6.41. The number of alkyl halides is 1. The van der Waals surface area contributed by atoms with E-state index in [4.69, 9.17) is 11.6 Å². The van der Waals surface area contributed by atoms with Crippen LogP contribution in [-0.4, -0.2) is 47.5 Å². The van der Waals surface area contributed by atoms with E-state index in [1.165, 1.54) is 0 Å². The number of aldehydes is 2. The number of carbonyl (C=O) groups is 2. The van der Waals surface area contributed by atoms with E-state index in [1.54, 1.807) is 0 Å². The number of halogens is 1. The number of rotatable bonds is 4. The maximum Gasteiger partial charge on any atom is 0.137 e. The number of carbonyl (C=O) groups excluding carboxylic acids is 2. The molecule has 0 saturated carbocycles. The molecule has 0 rings (SSSR count). The van der Waals surface area contributed by atoms with Crippen molar-refractivity contribution in [3.63, 3.8) is 0 Å². The first-order valence-electron chi connectivity index (χ1n) is 2.34. The Morgan fingerprint density at radius 2 is 2.00 bits per heavy atom. The minimum atomic E-state index is -0.486. The number of hydrogen-bond donors (Lipinski definition) is 0. The Bertz CT molecular complexity index is 87.0. The molecule has 0 aliphatic heterocycles. The standard InChI is InChI=1S/C5H7ClO2.Na/c6-5(4-8)2-1-3-7;/h3-5H,1-2H2;. The van der Waals surface area contributed by atoms with Crippen LogP contribution in [-0.2, 0) is 9.59 Å². The average Bonchev–Trinajstić information content (AvgIpc) is 1.83.